The number of aromatic amines is 1. The van der Waals surface area contributed by atoms with E-state index in [0.29, 0.717) is 29.8 Å². The van der Waals surface area contributed by atoms with Crippen LogP contribution in [0.1, 0.15) is 23.9 Å². The van der Waals surface area contributed by atoms with Gasteiger partial charge in [-0.2, -0.15) is 5.26 Å². The zero-order valence-corrected chi connectivity index (χ0v) is 12.9. The standard InChI is InChI=1S/C16H20N6O/c1-11-5-8-22(14(23)3-6-17)9-13(11)21(2)16-12-4-7-18-15(12)19-10-20-16/h4,7,10-11,13H,3,5,8-9H2,1-2H3,(H,18,19,20)/t11-,13+/m1/s1/i2D3. The number of hydrogen-bond donors (Lipinski definition) is 1. The van der Waals surface area contributed by atoms with Gasteiger partial charge in [-0.05, 0) is 18.4 Å². The minimum atomic E-state index is -2.43. The van der Waals surface area contributed by atoms with E-state index in [1.165, 1.54) is 11.2 Å². The first kappa shape index (κ1) is 11.9. The molecule has 3 heterocycles. The van der Waals surface area contributed by atoms with E-state index in [9.17, 15) is 4.79 Å². The second-order valence-electron chi connectivity index (χ2n) is 5.82. The molecule has 7 heteroatoms. The third-order valence-electron chi connectivity index (χ3n) is 4.39. The van der Waals surface area contributed by atoms with Crippen molar-refractivity contribution < 1.29 is 8.91 Å². The highest BCUT2D eigenvalue weighted by molar-refractivity contribution is 5.87. The van der Waals surface area contributed by atoms with Crippen LogP contribution in [0, 0.1) is 17.2 Å². The summed E-state index contributed by atoms with van der Waals surface area (Å²) < 4.78 is 24.2. The Kier molecular flexibility index (Phi) is 3.23. The van der Waals surface area contributed by atoms with Crippen LogP contribution in [0.5, 0.6) is 0 Å². The number of aromatic nitrogens is 3. The number of nitriles is 1. The van der Waals surface area contributed by atoms with Gasteiger partial charge in [0.15, 0.2) is 0 Å². The van der Waals surface area contributed by atoms with Gasteiger partial charge in [0.25, 0.3) is 0 Å². The summed E-state index contributed by atoms with van der Waals surface area (Å²) in [6, 6.07) is 3.17. The molecule has 23 heavy (non-hydrogen) atoms. The minimum absolute atomic E-state index is 0.0468. The number of carbonyl (C=O) groups excluding carboxylic acids is 1. The molecular formula is C16H20N6O. The number of H-pyrrole nitrogens is 1. The fraction of sp³-hybridized carbons (Fsp3) is 0.500. The molecule has 0 radical (unpaired) electrons. The van der Waals surface area contributed by atoms with E-state index in [1.807, 2.05) is 13.0 Å². The van der Waals surface area contributed by atoms with Crippen molar-refractivity contribution in [3.8, 4) is 6.07 Å². The molecule has 1 aliphatic rings. The van der Waals surface area contributed by atoms with Crippen molar-refractivity contribution in [2.45, 2.75) is 25.8 Å². The van der Waals surface area contributed by atoms with Crippen LogP contribution < -0.4 is 4.90 Å². The van der Waals surface area contributed by atoms with Gasteiger partial charge in [-0.3, -0.25) is 4.79 Å². The van der Waals surface area contributed by atoms with Gasteiger partial charge in [-0.1, -0.05) is 6.92 Å². The molecule has 0 aromatic carbocycles. The minimum Gasteiger partial charge on any atom is -0.354 e. The number of hydrogen-bond acceptors (Lipinski definition) is 5. The Hall–Kier alpha value is -2.62. The number of fused-ring (bicyclic) bond motifs is 1. The fourth-order valence-corrected chi connectivity index (χ4v) is 3.00. The van der Waals surface area contributed by atoms with E-state index in [-0.39, 0.29) is 24.8 Å². The summed E-state index contributed by atoms with van der Waals surface area (Å²) >= 11 is 0. The summed E-state index contributed by atoms with van der Waals surface area (Å²) in [4.78, 5) is 26.4. The van der Waals surface area contributed by atoms with Crippen LogP contribution in [0.3, 0.4) is 0 Å². The normalized spacial score (nSPS) is 23.7. The van der Waals surface area contributed by atoms with Gasteiger partial charge in [-0.25, -0.2) is 9.97 Å². The van der Waals surface area contributed by atoms with Crippen molar-refractivity contribution in [2.24, 2.45) is 5.92 Å². The lowest BCUT2D eigenvalue weighted by atomic mass is 9.92. The molecule has 0 aliphatic carbocycles. The molecule has 2 aromatic rings. The topological polar surface area (TPSA) is 88.9 Å². The lowest BCUT2D eigenvalue weighted by Crippen LogP contribution is -2.52. The van der Waals surface area contributed by atoms with Gasteiger partial charge >= 0.3 is 0 Å². The first-order valence-electron chi connectivity index (χ1n) is 9.05. The largest absolute Gasteiger partial charge is 0.354 e. The first-order valence-corrected chi connectivity index (χ1v) is 7.55. The van der Waals surface area contributed by atoms with Gasteiger partial charge in [0.1, 0.15) is 24.2 Å². The summed E-state index contributed by atoms with van der Waals surface area (Å²) in [6.07, 6.45) is 3.48. The van der Waals surface area contributed by atoms with E-state index in [1.54, 1.807) is 17.2 Å². The van der Waals surface area contributed by atoms with Crippen LogP contribution in [-0.2, 0) is 4.79 Å². The van der Waals surface area contributed by atoms with E-state index in [4.69, 9.17) is 9.37 Å². The van der Waals surface area contributed by atoms with Crippen LogP contribution in [0.2, 0.25) is 0 Å². The highest BCUT2D eigenvalue weighted by Crippen LogP contribution is 2.28. The number of amides is 1. The highest BCUT2D eigenvalue weighted by Gasteiger charge is 2.32. The van der Waals surface area contributed by atoms with Crippen molar-refractivity contribution >= 4 is 22.8 Å². The molecule has 1 saturated heterocycles. The Bertz CT molecular complexity index is 842. The van der Waals surface area contributed by atoms with Crippen molar-refractivity contribution in [1.82, 2.24) is 19.9 Å². The maximum Gasteiger partial charge on any atom is 0.236 e. The molecule has 0 spiro atoms. The van der Waals surface area contributed by atoms with E-state index < -0.39 is 13.0 Å². The van der Waals surface area contributed by atoms with Crippen molar-refractivity contribution in [1.29, 1.82) is 5.26 Å². The second-order valence-corrected chi connectivity index (χ2v) is 5.82. The third kappa shape index (κ3) is 2.84. The fourth-order valence-electron chi connectivity index (χ4n) is 3.00. The molecule has 2 atom stereocenters. The molecule has 3 rings (SSSR count). The maximum atomic E-state index is 12.1. The Balaban J connectivity index is 2.01. The van der Waals surface area contributed by atoms with Gasteiger partial charge in [-0.15, -0.1) is 0 Å². The average Bonchev–Trinajstić information content (AvgIpc) is 3.05. The summed E-state index contributed by atoms with van der Waals surface area (Å²) in [6.45, 7) is 0.316. The van der Waals surface area contributed by atoms with Crippen molar-refractivity contribution in [3.05, 3.63) is 18.6 Å². The Morgan fingerprint density at radius 1 is 1.65 bits per heavy atom. The Morgan fingerprint density at radius 3 is 3.30 bits per heavy atom. The molecule has 1 amide bonds. The van der Waals surface area contributed by atoms with Crippen LogP contribution in [0.15, 0.2) is 18.6 Å². The number of rotatable bonds is 3. The number of nitrogens with zero attached hydrogens (tertiary/aromatic N) is 5. The maximum absolute atomic E-state index is 12.1. The summed E-state index contributed by atoms with van der Waals surface area (Å²) in [7, 11) is 0. The molecular weight excluding hydrogens is 292 g/mol. The number of anilines is 1. The monoisotopic (exact) mass is 315 g/mol. The lowest BCUT2D eigenvalue weighted by Gasteiger charge is -2.42. The smallest absolute Gasteiger partial charge is 0.236 e. The van der Waals surface area contributed by atoms with Gasteiger partial charge in [0.05, 0.1) is 17.5 Å². The van der Waals surface area contributed by atoms with Gasteiger partial charge in [0, 0.05) is 30.4 Å². The molecule has 1 fully saturated rings. The number of carbonyl (C=O) groups is 1. The zero-order valence-electron chi connectivity index (χ0n) is 15.9. The Labute approximate surface area is 139 Å². The molecule has 120 valence electrons. The predicted octanol–water partition coefficient (Wildman–Crippen LogP) is 1.54. The van der Waals surface area contributed by atoms with Crippen LogP contribution in [-0.4, -0.2) is 51.9 Å². The third-order valence-corrected chi connectivity index (χ3v) is 4.39. The SMILES string of the molecule is [2H]C([2H])([2H])N(c1ncnc2[nH]ccc12)[C@H]1CN(C(=O)CC#N)CC[C@H]1C. The second kappa shape index (κ2) is 6.24. The molecule has 0 saturated carbocycles. The van der Waals surface area contributed by atoms with Gasteiger partial charge < -0.3 is 14.8 Å². The van der Waals surface area contributed by atoms with E-state index >= 15 is 0 Å². The quantitative estimate of drug-likeness (QED) is 0.928. The predicted molar refractivity (Wildman–Crippen MR) is 86.7 cm³/mol. The van der Waals surface area contributed by atoms with Crippen LogP contribution in [0.4, 0.5) is 5.82 Å². The molecule has 0 bridgehead atoms. The van der Waals surface area contributed by atoms with Crippen molar-refractivity contribution in [3.63, 3.8) is 0 Å². The molecule has 7 nitrogen and oxygen atoms in total. The van der Waals surface area contributed by atoms with Crippen LogP contribution in [0.25, 0.3) is 11.0 Å². The van der Waals surface area contributed by atoms with Crippen LogP contribution >= 0.6 is 0 Å². The molecule has 2 aromatic heterocycles. The number of nitrogens with one attached hydrogen (secondary N) is 1. The lowest BCUT2D eigenvalue weighted by molar-refractivity contribution is -0.131. The number of likely N-dealkylation sites (N-methyl/N-ethyl adjacent to an activating group) is 1. The van der Waals surface area contributed by atoms with Crippen molar-refractivity contribution in [2.75, 3.05) is 25.0 Å². The molecule has 0 unspecified atom stereocenters. The summed E-state index contributed by atoms with van der Waals surface area (Å²) in [5, 5.41) is 9.40. The number of piperidine rings is 1. The first-order chi connectivity index (χ1) is 12.3. The summed E-state index contributed by atoms with van der Waals surface area (Å²) in [5.74, 6) is 0.0950. The highest BCUT2D eigenvalue weighted by atomic mass is 16.2. The average molecular weight is 315 g/mol. The summed E-state index contributed by atoms with van der Waals surface area (Å²) in [5.41, 5.74) is 0.560. The molecule has 1 aliphatic heterocycles. The molecule has 1 N–H and O–H groups in total. The van der Waals surface area contributed by atoms with Gasteiger partial charge in [0.2, 0.25) is 5.91 Å². The van der Waals surface area contributed by atoms with E-state index in [0.717, 1.165) is 0 Å². The Morgan fingerprint density at radius 2 is 2.52 bits per heavy atom. The zero-order chi connectivity index (χ0) is 18.9. The number of likely N-dealkylation sites (tertiary alicyclic amines) is 1. The van der Waals surface area contributed by atoms with E-state index in [2.05, 4.69) is 15.0 Å².